The number of aromatic nitrogens is 3. The number of pyridine rings is 1. The Balaban J connectivity index is 1.71. The van der Waals surface area contributed by atoms with Gasteiger partial charge in [0.15, 0.2) is 0 Å². The fourth-order valence-corrected chi connectivity index (χ4v) is 4.04. The SMILES string of the molecule is Cc1cnc(CN(C)Cc2cc3cccc(C)c3nc2-c2cccs2)[nH]1. The fourth-order valence-electron chi connectivity index (χ4n) is 3.29. The van der Waals surface area contributed by atoms with Crippen LogP contribution in [0.5, 0.6) is 0 Å². The zero-order valence-electron chi connectivity index (χ0n) is 15.3. The zero-order valence-corrected chi connectivity index (χ0v) is 16.1. The second-order valence-corrected chi connectivity index (χ2v) is 7.75. The highest BCUT2D eigenvalue weighted by atomic mass is 32.1. The van der Waals surface area contributed by atoms with Crippen molar-refractivity contribution >= 4 is 22.2 Å². The minimum atomic E-state index is 0.781. The lowest BCUT2D eigenvalue weighted by Gasteiger charge is -2.18. The van der Waals surface area contributed by atoms with Crippen molar-refractivity contribution in [3.05, 3.63) is 70.6 Å². The quantitative estimate of drug-likeness (QED) is 0.547. The molecule has 0 saturated heterocycles. The number of imidazole rings is 1. The van der Waals surface area contributed by atoms with Crippen LogP contribution in [-0.2, 0) is 13.1 Å². The molecule has 132 valence electrons. The smallest absolute Gasteiger partial charge is 0.120 e. The summed E-state index contributed by atoms with van der Waals surface area (Å²) in [5.74, 6) is 0.993. The molecule has 0 saturated carbocycles. The highest BCUT2D eigenvalue weighted by Crippen LogP contribution is 2.31. The molecule has 3 aromatic heterocycles. The Labute approximate surface area is 157 Å². The van der Waals surface area contributed by atoms with Gasteiger partial charge in [0.2, 0.25) is 0 Å². The van der Waals surface area contributed by atoms with E-state index in [1.807, 2.05) is 13.1 Å². The third kappa shape index (κ3) is 3.41. The summed E-state index contributed by atoms with van der Waals surface area (Å²) in [6, 6.07) is 12.9. The van der Waals surface area contributed by atoms with Crippen LogP contribution in [0.4, 0.5) is 0 Å². The van der Waals surface area contributed by atoms with E-state index in [0.717, 1.165) is 35.8 Å². The van der Waals surface area contributed by atoms with Crippen molar-refractivity contribution in [2.24, 2.45) is 0 Å². The van der Waals surface area contributed by atoms with E-state index in [1.165, 1.54) is 21.4 Å². The third-order valence-corrected chi connectivity index (χ3v) is 5.37. The number of hydrogen-bond donors (Lipinski definition) is 1. The normalized spacial score (nSPS) is 11.5. The molecule has 0 amide bonds. The maximum Gasteiger partial charge on any atom is 0.120 e. The maximum absolute atomic E-state index is 5.04. The van der Waals surface area contributed by atoms with Crippen LogP contribution in [-0.4, -0.2) is 26.9 Å². The van der Waals surface area contributed by atoms with Gasteiger partial charge in [-0.3, -0.25) is 4.90 Å². The molecule has 0 spiro atoms. The molecular weight excluding hydrogens is 340 g/mol. The predicted octanol–water partition coefficient (Wildman–Crippen LogP) is 4.94. The number of hydrogen-bond acceptors (Lipinski definition) is 4. The van der Waals surface area contributed by atoms with Gasteiger partial charge in [-0.2, -0.15) is 0 Å². The third-order valence-electron chi connectivity index (χ3n) is 4.50. The standard InChI is InChI=1S/C21H22N4S/c1-14-6-4-7-16-10-17(12-25(3)13-19-22-11-15(2)23-19)21(24-20(14)16)18-8-5-9-26-18/h4-11H,12-13H2,1-3H3,(H,22,23). The van der Waals surface area contributed by atoms with E-state index in [-0.39, 0.29) is 0 Å². The van der Waals surface area contributed by atoms with Crippen LogP contribution in [0.2, 0.25) is 0 Å². The number of thiophene rings is 1. The molecule has 26 heavy (non-hydrogen) atoms. The minimum absolute atomic E-state index is 0.781. The summed E-state index contributed by atoms with van der Waals surface area (Å²) in [5.41, 5.74) is 5.73. The van der Waals surface area contributed by atoms with Gasteiger partial charge in [0.25, 0.3) is 0 Å². The Morgan fingerprint density at radius 2 is 2.00 bits per heavy atom. The molecule has 4 rings (SSSR count). The second-order valence-electron chi connectivity index (χ2n) is 6.81. The number of aromatic amines is 1. The number of rotatable bonds is 5. The van der Waals surface area contributed by atoms with Crippen LogP contribution in [0.1, 0.15) is 22.6 Å². The lowest BCUT2D eigenvalue weighted by molar-refractivity contribution is 0.312. The predicted molar refractivity (Wildman–Crippen MR) is 108 cm³/mol. The fraction of sp³-hybridized carbons (Fsp3) is 0.238. The molecular formula is C21H22N4S. The van der Waals surface area contributed by atoms with Crippen LogP contribution in [0.25, 0.3) is 21.5 Å². The van der Waals surface area contributed by atoms with Crippen LogP contribution in [0.3, 0.4) is 0 Å². The van der Waals surface area contributed by atoms with Crippen LogP contribution < -0.4 is 0 Å². The molecule has 5 heteroatoms. The summed E-state index contributed by atoms with van der Waals surface area (Å²) >= 11 is 1.74. The monoisotopic (exact) mass is 362 g/mol. The summed E-state index contributed by atoms with van der Waals surface area (Å²) < 4.78 is 0. The largest absolute Gasteiger partial charge is 0.345 e. The summed E-state index contributed by atoms with van der Waals surface area (Å²) in [4.78, 5) is 16.3. The first-order chi connectivity index (χ1) is 12.6. The number of aryl methyl sites for hydroxylation is 2. The van der Waals surface area contributed by atoms with E-state index in [1.54, 1.807) is 11.3 Å². The molecule has 4 nitrogen and oxygen atoms in total. The summed E-state index contributed by atoms with van der Waals surface area (Å²) in [5, 5.41) is 3.31. The number of para-hydroxylation sites is 1. The highest BCUT2D eigenvalue weighted by molar-refractivity contribution is 7.13. The topological polar surface area (TPSA) is 44.8 Å². The van der Waals surface area contributed by atoms with Crippen LogP contribution >= 0.6 is 11.3 Å². The summed E-state index contributed by atoms with van der Waals surface area (Å²) in [6.45, 7) is 5.76. The van der Waals surface area contributed by atoms with Gasteiger partial charge in [-0.15, -0.1) is 11.3 Å². The van der Waals surface area contributed by atoms with Gasteiger partial charge in [0.05, 0.1) is 22.6 Å². The average molecular weight is 363 g/mol. The van der Waals surface area contributed by atoms with E-state index in [0.29, 0.717) is 0 Å². The molecule has 1 aromatic carbocycles. The van der Waals surface area contributed by atoms with E-state index in [9.17, 15) is 0 Å². The molecule has 4 aromatic rings. The van der Waals surface area contributed by atoms with Crippen molar-refractivity contribution < 1.29 is 0 Å². The molecule has 0 atom stereocenters. The van der Waals surface area contributed by atoms with Crippen LogP contribution in [0.15, 0.2) is 48.0 Å². The Bertz CT molecular complexity index is 1030. The molecule has 0 unspecified atom stereocenters. The van der Waals surface area contributed by atoms with Gasteiger partial charge in [-0.05, 0) is 49.5 Å². The van der Waals surface area contributed by atoms with Crippen molar-refractivity contribution in [3.63, 3.8) is 0 Å². The lowest BCUT2D eigenvalue weighted by Crippen LogP contribution is -2.19. The minimum Gasteiger partial charge on any atom is -0.345 e. The first kappa shape index (κ1) is 16.9. The second kappa shape index (κ2) is 7.02. The Kier molecular flexibility index (Phi) is 4.57. The van der Waals surface area contributed by atoms with Gasteiger partial charge in [-0.1, -0.05) is 24.3 Å². The Hall–Kier alpha value is -2.50. The van der Waals surface area contributed by atoms with Gasteiger partial charge >= 0.3 is 0 Å². The lowest BCUT2D eigenvalue weighted by atomic mass is 10.0. The molecule has 0 aliphatic carbocycles. The van der Waals surface area contributed by atoms with Crippen molar-refractivity contribution in [2.45, 2.75) is 26.9 Å². The molecule has 0 bridgehead atoms. The summed E-state index contributed by atoms with van der Waals surface area (Å²) in [6.07, 6.45) is 1.88. The van der Waals surface area contributed by atoms with Crippen molar-refractivity contribution in [3.8, 4) is 10.6 Å². The molecule has 0 aliphatic rings. The van der Waals surface area contributed by atoms with Gasteiger partial charge in [0.1, 0.15) is 5.82 Å². The molecule has 3 heterocycles. The highest BCUT2D eigenvalue weighted by Gasteiger charge is 2.14. The van der Waals surface area contributed by atoms with Crippen LogP contribution in [0, 0.1) is 13.8 Å². The maximum atomic E-state index is 5.04. The van der Waals surface area contributed by atoms with Crippen molar-refractivity contribution in [1.82, 2.24) is 19.9 Å². The number of benzene rings is 1. The number of nitrogens with zero attached hydrogens (tertiary/aromatic N) is 3. The van der Waals surface area contributed by atoms with Gasteiger partial charge in [0, 0.05) is 23.8 Å². The average Bonchev–Trinajstić information content (AvgIpc) is 3.26. The van der Waals surface area contributed by atoms with E-state index < -0.39 is 0 Å². The molecule has 0 fully saturated rings. The Morgan fingerprint density at radius 3 is 2.73 bits per heavy atom. The van der Waals surface area contributed by atoms with Crippen molar-refractivity contribution in [2.75, 3.05) is 7.05 Å². The van der Waals surface area contributed by atoms with Gasteiger partial charge in [-0.25, -0.2) is 9.97 Å². The van der Waals surface area contributed by atoms with E-state index >= 15 is 0 Å². The van der Waals surface area contributed by atoms with E-state index in [4.69, 9.17) is 4.98 Å². The molecule has 0 radical (unpaired) electrons. The van der Waals surface area contributed by atoms with E-state index in [2.05, 4.69) is 70.6 Å². The molecule has 0 aliphatic heterocycles. The Morgan fingerprint density at radius 1 is 1.12 bits per heavy atom. The first-order valence-electron chi connectivity index (χ1n) is 8.72. The number of fused-ring (bicyclic) bond motifs is 1. The summed E-state index contributed by atoms with van der Waals surface area (Å²) in [7, 11) is 2.12. The van der Waals surface area contributed by atoms with Crippen molar-refractivity contribution in [1.29, 1.82) is 0 Å². The molecule has 1 N–H and O–H groups in total. The zero-order chi connectivity index (χ0) is 18.1. The number of H-pyrrole nitrogens is 1. The number of nitrogens with one attached hydrogen (secondary N) is 1. The van der Waals surface area contributed by atoms with Gasteiger partial charge < -0.3 is 4.98 Å². The first-order valence-corrected chi connectivity index (χ1v) is 9.60.